The van der Waals surface area contributed by atoms with Crippen molar-refractivity contribution in [1.82, 2.24) is 0 Å². The molecule has 0 spiro atoms. The number of hydrogen-bond donors (Lipinski definition) is 0. The van der Waals surface area contributed by atoms with E-state index in [0.717, 1.165) is 47.5 Å². The Labute approximate surface area is 338 Å². The molecule has 6 aromatic carbocycles. The summed E-state index contributed by atoms with van der Waals surface area (Å²) in [4.78, 5) is 2.34. The number of aryl methyl sites for hydroxylation is 1. The third kappa shape index (κ3) is 7.14. The lowest BCUT2D eigenvalue weighted by Crippen LogP contribution is -2.18. The number of fused-ring (bicyclic) bond motifs is 6. The molecule has 0 saturated carbocycles. The van der Waals surface area contributed by atoms with E-state index in [9.17, 15) is 0 Å². The maximum Gasteiger partial charge on any atom is 0.0461 e. The van der Waals surface area contributed by atoms with E-state index in [2.05, 4.69) is 213 Å². The highest BCUT2D eigenvalue weighted by Gasteiger charge is 2.32. The topological polar surface area (TPSA) is 3.24 Å². The van der Waals surface area contributed by atoms with Gasteiger partial charge in [-0.25, -0.2) is 0 Å². The number of hydrogen-bond acceptors (Lipinski definition) is 1. The summed E-state index contributed by atoms with van der Waals surface area (Å²) in [6, 6.07) is 52.9. The fourth-order valence-corrected chi connectivity index (χ4v) is 8.76. The predicted octanol–water partition coefficient (Wildman–Crippen LogP) is 15.4. The van der Waals surface area contributed by atoms with Gasteiger partial charge < -0.3 is 4.90 Å². The summed E-state index contributed by atoms with van der Waals surface area (Å²) in [5.41, 5.74) is 21.1. The molecule has 0 radical (unpaired) electrons. The molecule has 0 fully saturated rings. The van der Waals surface area contributed by atoms with Crippen LogP contribution in [-0.2, 0) is 0 Å². The largest absolute Gasteiger partial charge is 0.311 e. The van der Waals surface area contributed by atoms with E-state index in [1.165, 1.54) is 66.8 Å². The van der Waals surface area contributed by atoms with Crippen LogP contribution in [0.3, 0.4) is 0 Å². The van der Waals surface area contributed by atoms with Gasteiger partial charge in [0.15, 0.2) is 0 Å². The Bertz CT molecular complexity index is 2640. The van der Waals surface area contributed by atoms with Gasteiger partial charge in [-0.05, 0) is 147 Å². The Morgan fingerprint density at radius 1 is 0.596 bits per heavy atom. The molecule has 1 heteroatoms. The van der Waals surface area contributed by atoms with Crippen molar-refractivity contribution in [1.29, 1.82) is 0 Å². The molecule has 0 amide bonds. The number of rotatable bonds is 9. The molecule has 276 valence electrons. The molecular formula is C56H47N. The van der Waals surface area contributed by atoms with Crippen LogP contribution in [0.4, 0.5) is 11.4 Å². The highest BCUT2D eigenvalue weighted by Crippen LogP contribution is 2.50. The van der Waals surface area contributed by atoms with E-state index in [4.69, 9.17) is 0 Å². The van der Waals surface area contributed by atoms with Crippen molar-refractivity contribution in [3.05, 3.63) is 234 Å². The molecule has 6 aromatic rings. The van der Waals surface area contributed by atoms with Crippen LogP contribution >= 0.6 is 0 Å². The zero-order valence-corrected chi connectivity index (χ0v) is 32.8. The first-order valence-electron chi connectivity index (χ1n) is 20.2. The minimum atomic E-state index is 0.453. The average Bonchev–Trinajstić information content (AvgIpc) is 3.28. The van der Waals surface area contributed by atoms with Crippen molar-refractivity contribution < 1.29 is 0 Å². The van der Waals surface area contributed by atoms with E-state index < -0.39 is 0 Å². The third-order valence-electron chi connectivity index (χ3n) is 11.7. The lowest BCUT2D eigenvalue weighted by molar-refractivity contribution is 0.786. The van der Waals surface area contributed by atoms with Crippen LogP contribution in [0.2, 0.25) is 0 Å². The van der Waals surface area contributed by atoms with Crippen LogP contribution in [0.15, 0.2) is 212 Å². The zero-order valence-electron chi connectivity index (χ0n) is 32.8. The molecule has 0 aromatic heterocycles. The van der Waals surface area contributed by atoms with Gasteiger partial charge in [-0.1, -0.05) is 164 Å². The second-order valence-corrected chi connectivity index (χ2v) is 15.2. The van der Waals surface area contributed by atoms with Crippen molar-refractivity contribution in [2.24, 2.45) is 5.92 Å². The first-order valence-corrected chi connectivity index (χ1v) is 20.2. The number of allylic oxidation sites excluding steroid dienone is 12. The number of anilines is 2. The second-order valence-electron chi connectivity index (χ2n) is 15.2. The summed E-state index contributed by atoms with van der Waals surface area (Å²) in [5, 5.41) is 0. The van der Waals surface area contributed by atoms with Crippen LogP contribution in [0.5, 0.6) is 0 Å². The van der Waals surface area contributed by atoms with Gasteiger partial charge in [0.05, 0.1) is 0 Å². The van der Waals surface area contributed by atoms with Gasteiger partial charge in [0.25, 0.3) is 0 Å². The average molecular weight is 734 g/mol. The van der Waals surface area contributed by atoms with Crippen LogP contribution in [0.1, 0.15) is 48.4 Å². The minimum absolute atomic E-state index is 0.453. The fraction of sp³-hybridized carbons (Fsp3) is 0.107. The molecule has 9 rings (SSSR count). The van der Waals surface area contributed by atoms with E-state index in [-0.39, 0.29) is 0 Å². The molecule has 0 heterocycles. The van der Waals surface area contributed by atoms with E-state index in [1.54, 1.807) is 0 Å². The molecule has 1 unspecified atom stereocenters. The summed E-state index contributed by atoms with van der Waals surface area (Å²) in [6.45, 7) is 8.70. The summed E-state index contributed by atoms with van der Waals surface area (Å²) >= 11 is 0. The summed E-state index contributed by atoms with van der Waals surface area (Å²) in [6.07, 6.45) is 21.7. The molecule has 1 atom stereocenters. The van der Waals surface area contributed by atoms with Crippen LogP contribution in [-0.4, -0.2) is 0 Å². The molecular weight excluding hydrogens is 687 g/mol. The van der Waals surface area contributed by atoms with Crippen LogP contribution in [0.25, 0.3) is 50.1 Å². The Kier molecular flexibility index (Phi) is 9.97. The number of nitrogens with zero attached hydrogens (tertiary/aromatic N) is 1. The van der Waals surface area contributed by atoms with Crippen molar-refractivity contribution >= 4 is 28.1 Å². The van der Waals surface area contributed by atoms with Gasteiger partial charge in [0, 0.05) is 23.0 Å². The van der Waals surface area contributed by atoms with E-state index in [1.807, 2.05) is 6.07 Å². The molecule has 0 N–H and O–H groups in total. The molecule has 3 aliphatic carbocycles. The summed E-state index contributed by atoms with van der Waals surface area (Å²) < 4.78 is 0. The lowest BCUT2D eigenvalue weighted by Gasteiger charge is -2.35. The zero-order chi connectivity index (χ0) is 38.7. The highest BCUT2D eigenvalue weighted by molar-refractivity contribution is 5.97. The first kappa shape index (κ1) is 36.0. The van der Waals surface area contributed by atoms with Gasteiger partial charge in [0.2, 0.25) is 0 Å². The van der Waals surface area contributed by atoms with Crippen molar-refractivity contribution in [3.8, 4) is 33.4 Å². The van der Waals surface area contributed by atoms with Crippen molar-refractivity contribution in [2.45, 2.75) is 33.1 Å². The molecule has 57 heavy (non-hydrogen) atoms. The van der Waals surface area contributed by atoms with Gasteiger partial charge in [-0.2, -0.15) is 0 Å². The van der Waals surface area contributed by atoms with Gasteiger partial charge in [0.1, 0.15) is 0 Å². The van der Waals surface area contributed by atoms with Crippen molar-refractivity contribution in [3.63, 3.8) is 0 Å². The van der Waals surface area contributed by atoms with Gasteiger partial charge in [-0.3, -0.25) is 0 Å². The molecule has 0 aliphatic heterocycles. The van der Waals surface area contributed by atoms with Crippen LogP contribution in [0, 0.1) is 12.8 Å². The maximum atomic E-state index is 4.39. The predicted molar refractivity (Wildman–Crippen MR) is 245 cm³/mol. The first-order chi connectivity index (χ1) is 28.1. The monoisotopic (exact) mass is 733 g/mol. The SMILES string of the molecule is C=C(/C=C\C(=C/C)N(c1ccc(-c2ccc(-c3ccccc3)c(C)c2)cc1)c1ccc(-c2ccc3c(c2)C2=CC=CCC2C2=CCCC=C23)cc1)c1ccccc1. The lowest BCUT2D eigenvalue weighted by atomic mass is 9.68. The number of benzene rings is 6. The Morgan fingerprint density at radius 3 is 1.88 bits per heavy atom. The quantitative estimate of drug-likeness (QED) is 0.134. The van der Waals surface area contributed by atoms with E-state index in [0.29, 0.717) is 5.92 Å². The highest BCUT2D eigenvalue weighted by atomic mass is 15.1. The fourth-order valence-electron chi connectivity index (χ4n) is 8.76. The van der Waals surface area contributed by atoms with E-state index >= 15 is 0 Å². The molecule has 3 aliphatic rings. The smallest absolute Gasteiger partial charge is 0.0461 e. The summed E-state index contributed by atoms with van der Waals surface area (Å²) in [5.74, 6) is 0.453. The molecule has 0 saturated heterocycles. The Hall–Kier alpha value is -6.70. The molecule has 1 nitrogen and oxygen atoms in total. The van der Waals surface area contributed by atoms with Crippen LogP contribution < -0.4 is 4.90 Å². The third-order valence-corrected chi connectivity index (χ3v) is 11.7. The van der Waals surface area contributed by atoms with Crippen molar-refractivity contribution in [2.75, 3.05) is 4.90 Å². The second kappa shape index (κ2) is 15.8. The molecule has 0 bridgehead atoms. The van der Waals surface area contributed by atoms with Gasteiger partial charge in [-0.15, -0.1) is 0 Å². The summed E-state index contributed by atoms with van der Waals surface area (Å²) in [7, 11) is 0. The normalized spacial score (nSPS) is 15.9. The maximum absolute atomic E-state index is 4.39. The minimum Gasteiger partial charge on any atom is -0.311 e. The standard InChI is InChI=1S/C56H47N/c1-4-47(30-23-39(2)41-15-7-5-8-16-41)57(48-31-24-42(25-32-48)45-28-35-50(40(3)37-45)44-17-9-6-10-18-44)49-33-26-43(27-34-49)46-29-36-55-53-21-12-11-19-51(53)52-20-13-14-22-54(52)56(55)38-46/h4-10,13-19,21-38,52H,2,11-12,20H2,1,3H3/b30-23-,47-4+. The Balaban J connectivity index is 1.05. The van der Waals surface area contributed by atoms with Gasteiger partial charge >= 0.3 is 0 Å². The Morgan fingerprint density at radius 2 is 1.21 bits per heavy atom.